The van der Waals surface area contributed by atoms with Crippen molar-refractivity contribution in [1.82, 2.24) is 10.6 Å². The molecule has 1 aliphatic carbocycles. The first-order valence-corrected chi connectivity index (χ1v) is 9.59. The molecule has 0 spiro atoms. The highest BCUT2D eigenvalue weighted by molar-refractivity contribution is 6.31. The summed E-state index contributed by atoms with van der Waals surface area (Å²) in [6.45, 7) is 2.26. The van der Waals surface area contributed by atoms with Gasteiger partial charge in [0, 0.05) is 23.2 Å². The van der Waals surface area contributed by atoms with Crippen LogP contribution in [0.5, 0.6) is 0 Å². The first kappa shape index (κ1) is 19.2. The van der Waals surface area contributed by atoms with Gasteiger partial charge in [-0.3, -0.25) is 4.79 Å². The van der Waals surface area contributed by atoms with Crippen molar-refractivity contribution in [3.63, 3.8) is 0 Å². The Morgan fingerprint density at radius 2 is 1.93 bits per heavy atom. The summed E-state index contributed by atoms with van der Waals surface area (Å²) in [4.78, 5) is 24.2. The van der Waals surface area contributed by atoms with Gasteiger partial charge in [-0.05, 0) is 49.1 Å². The molecule has 27 heavy (non-hydrogen) atoms. The molecular formula is C21H24ClN3O2. The molecule has 0 radical (unpaired) electrons. The number of carbonyl (C=O) groups is 2. The molecule has 1 unspecified atom stereocenters. The highest BCUT2D eigenvalue weighted by Crippen LogP contribution is 2.27. The lowest BCUT2D eigenvalue weighted by molar-refractivity contribution is -0.122. The average molecular weight is 386 g/mol. The van der Waals surface area contributed by atoms with Crippen LogP contribution in [0.1, 0.15) is 43.4 Å². The summed E-state index contributed by atoms with van der Waals surface area (Å²) in [6.07, 6.45) is 3.07. The van der Waals surface area contributed by atoms with Crippen LogP contribution in [0.3, 0.4) is 0 Å². The number of benzene rings is 2. The van der Waals surface area contributed by atoms with Gasteiger partial charge in [0.1, 0.15) is 0 Å². The molecule has 1 fully saturated rings. The van der Waals surface area contributed by atoms with Crippen molar-refractivity contribution in [2.45, 2.75) is 38.8 Å². The summed E-state index contributed by atoms with van der Waals surface area (Å²) < 4.78 is 0. The van der Waals surface area contributed by atoms with Crippen LogP contribution in [0.2, 0.25) is 5.02 Å². The van der Waals surface area contributed by atoms with E-state index in [1.807, 2.05) is 49.4 Å². The van der Waals surface area contributed by atoms with Gasteiger partial charge >= 0.3 is 6.03 Å². The highest BCUT2D eigenvalue weighted by atomic mass is 35.5. The normalized spacial score (nSPS) is 14.7. The number of rotatable bonds is 6. The van der Waals surface area contributed by atoms with Crippen molar-refractivity contribution in [1.29, 1.82) is 0 Å². The molecule has 3 N–H and O–H groups in total. The smallest absolute Gasteiger partial charge is 0.315 e. The minimum atomic E-state index is -0.272. The zero-order valence-electron chi connectivity index (χ0n) is 15.3. The van der Waals surface area contributed by atoms with Gasteiger partial charge in [-0.2, -0.15) is 0 Å². The Kier molecular flexibility index (Phi) is 6.35. The average Bonchev–Trinajstić information content (AvgIpc) is 2.59. The summed E-state index contributed by atoms with van der Waals surface area (Å²) in [5, 5.41) is 9.29. The minimum Gasteiger partial charge on any atom is -0.334 e. The van der Waals surface area contributed by atoms with Crippen LogP contribution in [-0.2, 0) is 11.3 Å². The molecule has 0 bridgehead atoms. The van der Waals surface area contributed by atoms with E-state index < -0.39 is 0 Å². The first-order chi connectivity index (χ1) is 13.0. The third kappa shape index (κ3) is 5.23. The summed E-state index contributed by atoms with van der Waals surface area (Å²) in [5.74, 6) is 0.224. The highest BCUT2D eigenvalue weighted by Gasteiger charge is 2.25. The molecule has 0 aromatic heterocycles. The van der Waals surface area contributed by atoms with Gasteiger partial charge in [0.15, 0.2) is 0 Å². The van der Waals surface area contributed by atoms with Crippen LogP contribution < -0.4 is 16.0 Å². The molecule has 1 aliphatic rings. The fourth-order valence-electron chi connectivity index (χ4n) is 3.01. The zero-order valence-corrected chi connectivity index (χ0v) is 16.1. The van der Waals surface area contributed by atoms with E-state index in [2.05, 4.69) is 16.0 Å². The fourth-order valence-corrected chi connectivity index (χ4v) is 3.31. The topological polar surface area (TPSA) is 70.2 Å². The molecule has 0 heterocycles. The van der Waals surface area contributed by atoms with Gasteiger partial charge in [0.05, 0.1) is 6.04 Å². The van der Waals surface area contributed by atoms with Crippen LogP contribution in [-0.4, -0.2) is 11.9 Å². The SMILES string of the molecule is CC(NC(=O)NCc1cccc(NC(=O)C2CCC2)c1)c1ccccc1Cl. The number of hydrogen-bond acceptors (Lipinski definition) is 2. The van der Waals surface area contributed by atoms with E-state index in [-0.39, 0.29) is 23.9 Å². The van der Waals surface area contributed by atoms with Gasteiger partial charge in [0.25, 0.3) is 0 Å². The second-order valence-electron chi connectivity index (χ2n) is 6.89. The van der Waals surface area contributed by atoms with Crippen molar-refractivity contribution in [2.75, 3.05) is 5.32 Å². The molecular weight excluding hydrogens is 362 g/mol. The summed E-state index contributed by atoms with van der Waals surface area (Å²) >= 11 is 6.17. The number of anilines is 1. The number of hydrogen-bond donors (Lipinski definition) is 3. The molecule has 1 atom stereocenters. The lowest BCUT2D eigenvalue weighted by atomic mass is 9.85. The first-order valence-electron chi connectivity index (χ1n) is 9.21. The van der Waals surface area contributed by atoms with E-state index in [1.165, 1.54) is 0 Å². The Balaban J connectivity index is 1.50. The van der Waals surface area contributed by atoms with Crippen LogP contribution in [0.4, 0.5) is 10.5 Å². The van der Waals surface area contributed by atoms with E-state index in [1.54, 1.807) is 6.07 Å². The van der Waals surface area contributed by atoms with E-state index in [9.17, 15) is 9.59 Å². The monoisotopic (exact) mass is 385 g/mol. The van der Waals surface area contributed by atoms with E-state index in [0.29, 0.717) is 11.6 Å². The second-order valence-corrected chi connectivity index (χ2v) is 7.29. The van der Waals surface area contributed by atoms with Crippen molar-refractivity contribution in [3.8, 4) is 0 Å². The summed E-state index contributed by atoms with van der Waals surface area (Å²) in [6, 6.07) is 14.5. The van der Waals surface area contributed by atoms with E-state index >= 15 is 0 Å². The Labute approximate surface area is 164 Å². The second kappa shape index (κ2) is 8.91. The zero-order chi connectivity index (χ0) is 19.2. The molecule has 142 valence electrons. The molecule has 3 amide bonds. The van der Waals surface area contributed by atoms with Crippen LogP contribution in [0.15, 0.2) is 48.5 Å². The molecule has 2 aromatic carbocycles. The molecule has 1 saturated carbocycles. The van der Waals surface area contributed by atoms with Crippen LogP contribution in [0, 0.1) is 5.92 Å². The quantitative estimate of drug-likeness (QED) is 0.677. The predicted octanol–water partition coefficient (Wildman–Crippen LogP) is 4.64. The summed E-state index contributed by atoms with van der Waals surface area (Å²) in [5.41, 5.74) is 2.55. The number of carbonyl (C=O) groups excluding carboxylic acids is 2. The third-order valence-corrected chi connectivity index (χ3v) is 5.19. The maximum absolute atomic E-state index is 12.2. The van der Waals surface area contributed by atoms with Gasteiger partial charge in [-0.25, -0.2) is 4.79 Å². The van der Waals surface area contributed by atoms with Crippen molar-refractivity contribution in [3.05, 3.63) is 64.7 Å². The standard InChI is InChI=1S/C21H24ClN3O2/c1-14(18-10-2-3-11-19(18)22)24-21(27)23-13-15-6-4-9-17(12-15)25-20(26)16-7-5-8-16/h2-4,6,9-12,14,16H,5,7-8,13H2,1H3,(H,25,26)(H2,23,24,27). The number of halogens is 1. The molecule has 2 aromatic rings. The van der Waals surface area contributed by atoms with E-state index in [0.717, 1.165) is 36.1 Å². The van der Waals surface area contributed by atoms with Crippen molar-refractivity contribution >= 4 is 29.2 Å². The Morgan fingerprint density at radius 3 is 2.63 bits per heavy atom. The number of urea groups is 1. The van der Waals surface area contributed by atoms with Crippen LogP contribution in [0.25, 0.3) is 0 Å². The Morgan fingerprint density at radius 1 is 1.15 bits per heavy atom. The predicted molar refractivity (Wildman–Crippen MR) is 108 cm³/mol. The Hall–Kier alpha value is -2.53. The maximum atomic E-state index is 12.2. The number of amides is 3. The lowest BCUT2D eigenvalue weighted by Crippen LogP contribution is -2.36. The molecule has 3 rings (SSSR count). The van der Waals surface area contributed by atoms with Crippen molar-refractivity contribution < 1.29 is 9.59 Å². The summed E-state index contributed by atoms with van der Waals surface area (Å²) in [7, 11) is 0. The third-order valence-electron chi connectivity index (χ3n) is 4.84. The van der Waals surface area contributed by atoms with E-state index in [4.69, 9.17) is 11.6 Å². The van der Waals surface area contributed by atoms with Gasteiger partial charge < -0.3 is 16.0 Å². The van der Waals surface area contributed by atoms with Gasteiger partial charge in [0.2, 0.25) is 5.91 Å². The number of nitrogens with one attached hydrogen (secondary N) is 3. The van der Waals surface area contributed by atoms with Gasteiger partial charge in [-0.15, -0.1) is 0 Å². The largest absolute Gasteiger partial charge is 0.334 e. The molecule has 0 aliphatic heterocycles. The van der Waals surface area contributed by atoms with Crippen LogP contribution >= 0.6 is 11.6 Å². The Bertz CT molecular complexity index is 821. The molecule has 5 nitrogen and oxygen atoms in total. The maximum Gasteiger partial charge on any atom is 0.315 e. The van der Waals surface area contributed by atoms with Crippen molar-refractivity contribution in [2.24, 2.45) is 5.92 Å². The molecule has 6 heteroatoms. The van der Waals surface area contributed by atoms with Gasteiger partial charge in [-0.1, -0.05) is 48.4 Å². The fraction of sp³-hybridized carbons (Fsp3) is 0.333. The minimum absolute atomic E-state index is 0.0812. The lowest BCUT2D eigenvalue weighted by Gasteiger charge is -2.24. The molecule has 0 saturated heterocycles.